The number of fused-ring (bicyclic) bond motifs is 1. The summed E-state index contributed by atoms with van der Waals surface area (Å²) in [5.41, 5.74) is 2.81. The first-order chi connectivity index (χ1) is 13.8. The van der Waals surface area contributed by atoms with Crippen molar-refractivity contribution in [3.05, 3.63) is 68.4 Å². The fourth-order valence-electron chi connectivity index (χ4n) is 2.90. The largest absolute Gasteiger partial charge is 0.351 e. The predicted octanol–water partition coefficient (Wildman–Crippen LogP) is 4.53. The van der Waals surface area contributed by atoms with Crippen LogP contribution in [0.15, 0.2) is 56.9 Å². The fraction of sp³-hybridized carbons (Fsp3) is 0.318. The summed E-state index contributed by atoms with van der Waals surface area (Å²) in [6, 6.07) is 13.5. The Morgan fingerprint density at radius 2 is 1.93 bits per heavy atom. The Morgan fingerprint density at radius 3 is 2.62 bits per heavy atom. The number of aryl methyl sites for hydroxylation is 1. The van der Waals surface area contributed by atoms with Gasteiger partial charge in [-0.3, -0.25) is 14.2 Å². The van der Waals surface area contributed by atoms with E-state index in [9.17, 15) is 9.59 Å². The van der Waals surface area contributed by atoms with Crippen molar-refractivity contribution in [2.45, 2.75) is 39.0 Å². The van der Waals surface area contributed by atoms with Crippen LogP contribution < -0.4 is 10.9 Å². The minimum Gasteiger partial charge on any atom is -0.351 e. The molecule has 0 bridgehead atoms. The van der Waals surface area contributed by atoms with Gasteiger partial charge in [0.2, 0.25) is 5.91 Å². The van der Waals surface area contributed by atoms with E-state index in [4.69, 9.17) is 0 Å². The van der Waals surface area contributed by atoms with Gasteiger partial charge >= 0.3 is 0 Å². The Balaban J connectivity index is 1.75. The molecule has 7 heteroatoms. The zero-order valence-corrected chi connectivity index (χ0v) is 19.1. The summed E-state index contributed by atoms with van der Waals surface area (Å²) in [5, 5.41) is 4.08. The lowest BCUT2D eigenvalue weighted by Crippen LogP contribution is -2.27. The van der Waals surface area contributed by atoms with Crippen LogP contribution in [-0.4, -0.2) is 21.2 Å². The molecule has 0 atom stereocenters. The van der Waals surface area contributed by atoms with Crippen molar-refractivity contribution < 1.29 is 4.79 Å². The molecule has 1 aromatic heterocycles. The number of rotatable bonds is 7. The van der Waals surface area contributed by atoms with E-state index in [-0.39, 0.29) is 23.1 Å². The van der Waals surface area contributed by atoms with E-state index < -0.39 is 0 Å². The molecule has 0 fully saturated rings. The van der Waals surface area contributed by atoms with Crippen LogP contribution in [0.5, 0.6) is 0 Å². The molecule has 1 N–H and O–H groups in total. The molecule has 3 aromatic rings. The summed E-state index contributed by atoms with van der Waals surface area (Å²) in [5.74, 6) is 0.406. The molecule has 0 saturated carbocycles. The van der Waals surface area contributed by atoms with Crippen LogP contribution >= 0.6 is 27.7 Å². The number of thioether (sulfide) groups is 1. The van der Waals surface area contributed by atoms with Crippen LogP contribution in [0.3, 0.4) is 0 Å². The number of carbonyl (C=O) groups is 1. The molecule has 0 spiro atoms. The van der Waals surface area contributed by atoms with Gasteiger partial charge in [0.15, 0.2) is 5.16 Å². The first-order valence-electron chi connectivity index (χ1n) is 9.48. The monoisotopic (exact) mass is 473 g/mol. The Hall–Kier alpha value is -2.12. The molecule has 3 rings (SSSR count). The van der Waals surface area contributed by atoms with Crippen LogP contribution in [0, 0.1) is 12.8 Å². The summed E-state index contributed by atoms with van der Waals surface area (Å²) in [7, 11) is 0. The Morgan fingerprint density at radius 1 is 1.21 bits per heavy atom. The third-order valence-corrected chi connectivity index (χ3v) is 5.84. The van der Waals surface area contributed by atoms with Crippen molar-refractivity contribution >= 4 is 44.5 Å². The van der Waals surface area contributed by atoms with E-state index in [1.807, 2.05) is 43.3 Å². The van der Waals surface area contributed by atoms with Crippen molar-refractivity contribution in [3.8, 4) is 0 Å². The molecule has 0 aliphatic carbocycles. The summed E-state index contributed by atoms with van der Waals surface area (Å²) in [6.07, 6.45) is 0. The molecule has 0 aliphatic rings. The second kappa shape index (κ2) is 9.59. The first-order valence-corrected chi connectivity index (χ1v) is 11.3. The average Bonchev–Trinajstić information content (AvgIpc) is 2.68. The molecular weight excluding hydrogens is 450 g/mol. The lowest BCUT2D eigenvalue weighted by molar-refractivity contribution is -0.118. The van der Waals surface area contributed by atoms with Crippen molar-refractivity contribution in [1.29, 1.82) is 0 Å². The second-order valence-electron chi connectivity index (χ2n) is 7.42. The maximum Gasteiger partial charge on any atom is 0.262 e. The lowest BCUT2D eigenvalue weighted by Gasteiger charge is -2.15. The zero-order chi connectivity index (χ0) is 21.0. The topological polar surface area (TPSA) is 64.0 Å². The smallest absolute Gasteiger partial charge is 0.262 e. The van der Waals surface area contributed by atoms with Crippen molar-refractivity contribution in [2.75, 3.05) is 5.75 Å². The van der Waals surface area contributed by atoms with Crippen molar-refractivity contribution in [1.82, 2.24) is 14.9 Å². The minimum absolute atomic E-state index is 0.0763. The van der Waals surface area contributed by atoms with Crippen LogP contribution in [0.25, 0.3) is 10.9 Å². The summed E-state index contributed by atoms with van der Waals surface area (Å²) < 4.78 is 2.52. The van der Waals surface area contributed by atoms with E-state index in [1.54, 1.807) is 10.6 Å². The summed E-state index contributed by atoms with van der Waals surface area (Å²) in [6.45, 7) is 7.19. The molecule has 0 saturated heterocycles. The van der Waals surface area contributed by atoms with Crippen LogP contribution in [0.2, 0.25) is 0 Å². The number of halogens is 1. The fourth-order valence-corrected chi connectivity index (χ4v) is 4.10. The number of nitrogens with zero attached hydrogens (tertiary/aromatic N) is 2. The summed E-state index contributed by atoms with van der Waals surface area (Å²) in [4.78, 5) is 30.0. The number of hydrogen-bond donors (Lipinski definition) is 1. The molecule has 29 heavy (non-hydrogen) atoms. The molecule has 152 valence electrons. The third kappa shape index (κ3) is 5.70. The van der Waals surface area contributed by atoms with Gasteiger partial charge in [-0.25, -0.2) is 4.98 Å². The van der Waals surface area contributed by atoms with Gasteiger partial charge in [-0.2, -0.15) is 0 Å². The molecule has 0 aliphatic heterocycles. The Labute approximate surface area is 183 Å². The number of aromatic nitrogens is 2. The number of nitrogens with one attached hydrogen (secondary N) is 1. The molecule has 1 heterocycles. The Bertz CT molecular complexity index is 1080. The standard InChI is InChI=1S/C22H24BrN3O2S/c1-14(2)12-26-21(28)18-10-17(23)8-9-19(18)25-22(26)29-13-20(27)24-11-16-6-4-15(3)5-7-16/h4-10,14H,11-13H2,1-3H3,(H,24,27). The van der Waals surface area contributed by atoms with Gasteiger partial charge in [0.25, 0.3) is 5.56 Å². The molecule has 5 nitrogen and oxygen atoms in total. The Kier molecular flexibility index (Phi) is 7.14. The number of amides is 1. The van der Waals surface area contributed by atoms with Gasteiger partial charge in [-0.1, -0.05) is 71.4 Å². The van der Waals surface area contributed by atoms with Gasteiger partial charge in [-0.05, 0) is 36.6 Å². The van der Waals surface area contributed by atoms with E-state index in [2.05, 4.69) is 40.1 Å². The maximum absolute atomic E-state index is 13.0. The average molecular weight is 474 g/mol. The van der Waals surface area contributed by atoms with E-state index >= 15 is 0 Å². The normalized spacial score (nSPS) is 11.2. The van der Waals surface area contributed by atoms with E-state index in [1.165, 1.54) is 17.3 Å². The third-order valence-electron chi connectivity index (χ3n) is 4.37. The molecule has 1 amide bonds. The summed E-state index contributed by atoms with van der Waals surface area (Å²) >= 11 is 4.71. The van der Waals surface area contributed by atoms with Gasteiger partial charge in [0, 0.05) is 17.6 Å². The highest BCUT2D eigenvalue weighted by molar-refractivity contribution is 9.10. The van der Waals surface area contributed by atoms with Crippen LogP contribution in [0.4, 0.5) is 0 Å². The molecular formula is C22H24BrN3O2S. The SMILES string of the molecule is Cc1ccc(CNC(=O)CSc2nc3ccc(Br)cc3c(=O)n2CC(C)C)cc1. The number of hydrogen-bond acceptors (Lipinski definition) is 4. The van der Waals surface area contributed by atoms with Gasteiger partial charge < -0.3 is 5.32 Å². The van der Waals surface area contributed by atoms with Gasteiger partial charge in [0.1, 0.15) is 0 Å². The highest BCUT2D eigenvalue weighted by Gasteiger charge is 2.14. The number of benzene rings is 2. The maximum atomic E-state index is 13.0. The highest BCUT2D eigenvalue weighted by atomic mass is 79.9. The molecule has 0 unspecified atom stereocenters. The first kappa shape index (κ1) is 21.6. The van der Waals surface area contributed by atoms with Gasteiger partial charge in [0.05, 0.1) is 16.7 Å². The molecule has 0 radical (unpaired) electrons. The molecule has 2 aromatic carbocycles. The van der Waals surface area contributed by atoms with E-state index in [0.717, 1.165) is 10.0 Å². The quantitative estimate of drug-likeness (QED) is 0.404. The minimum atomic E-state index is -0.0863. The zero-order valence-electron chi connectivity index (χ0n) is 16.7. The van der Waals surface area contributed by atoms with Crippen molar-refractivity contribution in [3.63, 3.8) is 0 Å². The second-order valence-corrected chi connectivity index (χ2v) is 9.27. The lowest BCUT2D eigenvalue weighted by atomic mass is 10.1. The van der Waals surface area contributed by atoms with Crippen molar-refractivity contribution in [2.24, 2.45) is 5.92 Å². The van der Waals surface area contributed by atoms with Gasteiger partial charge in [-0.15, -0.1) is 0 Å². The van der Waals surface area contributed by atoms with Crippen LogP contribution in [-0.2, 0) is 17.9 Å². The predicted molar refractivity (Wildman–Crippen MR) is 122 cm³/mol. The highest BCUT2D eigenvalue weighted by Crippen LogP contribution is 2.21. The van der Waals surface area contributed by atoms with E-state index in [0.29, 0.717) is 29.1 Å². The van der Waals surface area contributed by atoms with Crippen LogP contribution in [0.1, 0.15) is 25.0 Å². The number of carbonyl (C=O) groups excluding carboxylic acids is 1.